The first-order valence-electron chi connectivity index (χ1n) is 9.20. The third kappa shape index (κ3) is 2.91. The van der Waals surface area contributed by atoms with Gasteiger partial charge in [0.2, 0.25) is 0 Å². The first-order valence-corrected chi connectivity index (χ1v) is 10.0. The van der Waals surface area contributed by atoms with E-state index in [-0.39, 0.29) is 23.8 Å². The Labute approximate surface area is 165 Å². The molecule has 1 aromatic carbocycles. The van der Waals surface area contributed by atoms with Gasteiger partial charge in [0.25, 0.3) is 0 Å². The molecule has 2 atom stereocenters. The number of nitrogens with one attached hydrogen (secondary N) is 1. The molecule has 0 saturated heterocycles. The molecule has 1 heterocycles. The minimum absolute atomic E-state index is 0.0667. The zero-order valence-electron chi connectivity index (χ0n) is 16.2. The van der Waals surface area contributed by atoms with E-state index < -0.39 is 11.7 Å². The number of hydrogen-bond acceptors (Lipinski definition) is 4. The Kier molecular flexibility index (Phi) is 4.30. The average Bonchev–Trinajstić information content (AvgIpc) is 2.95. The Morgan fingerprint density at radius 2 is 2.07 bits per heavy atom. The molecule has 0 amide bonds. The SMILES string of the molecule is COc1ccc(C(F)(F)F)cc1NCC(=O)c1sc(C)c2c1C[C@@H]1[C@H]2C1(C)C. The largest absolute Gasteiger partial charge is 0.495 e. The summed E-state index contributed by atoms with van der Waals surface area (Å²) in [5.41, 5.74) is 2.18. The van der Waals surface area contributed by atoms with Crippen molar-refractivity contribution in [3.8, 4) is 5.75 Å². The van der Waals surface area contributed by atoms with Crippen LogP contribution in [0.4, 0.5) is 18.9 Å². The second-order valence-corrected chi connectivity index (χ2v) is 9.40. The third-order valence-corrected chi connectivity index (χ3v) is 7.44. The number of ether oxygens (including phenoxy) is 1. The van der Waals surface area contributed by atoms with Crippen LogP contribution in [-0.2, 0) is 12.6 Å². The normalized spacial score (nSPS) is 21.8. The fraction of sp³-hybridized carbons (Fsp3) is 0.476. The second-order valence-electron chi connectivity index (χ2n) is 8.18. The van der Waals surface area contributed by atoms with E-state index in [4.69, 9.17) is 4.74 Å². The Morgan fingerprint density at radius 1 is 1.36 bits per heavy atom. The number of aryl methyl sites for hydroxylation is 1. The Bertz CT molecular complexity index is 961. The maximum atomic E-state index is 13.0. The molecule has 0 aliphatic heterocycles. The minimum atomic E-state index is -4.45. The number of Topliss-reactive ketones (excluding diaryl/α,β-unsaturated/α-hetero) is 1. The molecule has 2 aliphatic carbocycles. The lowest BCUT2D eigenvalue weighted by Gasteiger charge is -2.14. The quantitative estimate of drug-likeness (QED) is 0.646. The number of rotatable bonds is 5. The number of carbonyl (C=O) groups is 1. The van der Waals surface area contributed by atoms with E-state index in [1.165, 1.54) is 35.0 Å². The highest BCUT2D eigenvalue weighted by Gasteiger charge is 2.63. The van der Waals surface area contributed by atoms with Crippen LogP contribution in [0, 0.1) is 18.3 Å². The van der Waals surface area contributed by atoms with Crippen molar-refractivity contribution in [1.82, 2.24) is 0 Å². The molecule has 0 unspecified atom stereocenters. The minimum Gasteiger partial charge on any atom is -0.495 e. The van der Waals surface area contributed by atoms with Crippen molar-refractivity contribution in [3.63, 3.8) is 0 Å². The second kappa shape index (κ2) is 6.24. The van der Waals surface area contributed by atoms with Crippen molar-refractivity contribution in [2.24, 2.45) is 11.3 Å². The average molecular weight is 409 g/mol. The van der Waals surface area contributed by atoms with Crippen LogP contribution in [-0.4, -0.2) is 19.4 Å². The molecule has 4 rings (SSSR count). The van der Waals surface area contributed by atoms with Crippen molar-refractivity contribution in [2.45, 2.75) is 39.3 Å². The summed E-state index contributed by atoms with van der Waals surface area (Å²) >= 11 is 1.51. The molecular weight excluding hydrogens is 387 g/mol. The molecule has 0 bridgehead atoms. The van der Waals surface area contributed by atoms with Gasteiger partial charge in [0, 0.05) is 4.88 Å². The van der Waals surface area contributed by atoms with E-state index in [0.717, 1.165) is 29.0 Å². The van der Waals surface area contributed by atoms with Gasteiger partial charge in [-0.3, -0.25) is 4.79 Å². The molecule has 150 valence electrons. The lowest BCUT2D eigenvalue weighted by molar-refractivity contribution is -0.137. The van der Waals surface area contributed by atoms with Crippen LogP contribution in [0.3, 0.4) is 0 Å². The van der Waals surface area contributed by atoms with Gasteiger partial charge in [-0.15, -0.1) is 11.3 Å². The summed E-state index contributed by atoms with van der Waals surface area (Å²) in [5.74, 6) is 1.33. The van der Waals surface area contributed by atoms with Gasteiger partial charge in [0.15, 0.2) is 5.78 Å². The Hall–Kier alpha value is -2.02. The number of alkyl halides is 3. The summed E-state index contributed by atoms with van der Waals surface area (Å²) in [6, 6.07) is 3.21. The number of anilines is 1. The molecule has 2 aliphatic rings. The van der Waals surface area contributed by atoms with Crippen LogP contribution in [0.25, 0.3) is 0 Å². The molecule has 3 nitrogen and oxygen atoms in total. The summed E-state index contributed by atoms with van der Waals surface area (Å²) in [7, 11) is 1.39. The molecule has 0 spiro atoms. The van der Waals surface area contributed by atoms with Gasteiger partial charge in [0.05, 0.1) is 29.8 Å². The van der Waals surface area contributed by atoms with Crippen LogP contribution < -0.4 is 10.1 Å². The van der Waals surface area contributed by atoms with Crippen LogP contribution in [0.2, 0.25) is 0 Å². The van der Waals surface area contributed by atoms with Crippen molar-refractivity contribution in [3.05, 3.63) is 44.6 Å². The summed E-state index contributed by atoms with van der Waals surface area (Å²) in [4.78, 5) is 14.8. The number of benzene rings is 1. The highest BCUT2D eigenvalue weighted by molar-refractivity contribution is 7.14. The van der Waals surface area contributed by atoms with E-state index in [1.54, 1.807) is 0 Å². The maximum Gasteiger partial charge on any atom is 0.416 e. The van der Waals surface area contributed by atoms with Crippen molar-refractivity contribution >= 4 is 22.8 Å². The lowest BCUT2D eigenvalue weighted by atomic mass is 9.94. The van der Waals surface area contributed by atoms with Crippen LogP contribution in [0.1, 0.15) is 51.0 Å². The lowest BCUT2D eigenvalue weighted by Crippen LogP contribution is -2.16. The van der Waals surface area contributed by atoms with E-state index >= 15 is 0 Å². The predicted molar refractivity (Wildman–Crippen MR) is 104 cm³/mol. The van der Waals surface area contributed by atoms with Crippen LogP contribution in [0.5, 0.6) is 5.75 Å². The number of methoxy groups -OCH3 is 1. The Morgan fingerprint density at radius 3 is 2.71 bits per heavy atom. The van der Waals surface area contributed by atoms with Crippen LogP contribution >= 0.6 is 11.3 Å². The number of hydrogen-bond donors (Lipinski definition) is 1. The van der Waals surface area contributed by atoms with E-state index in [1.807, 2.05) is 0 Å². The van der Waals surface area contributed by atoms with Crippen molar-refractivity contribution in [2.75, 3.05) is 19.0 Å². The van der Waals surface area contributed by atoms with E-state index in [0.29, 0.717) is 17.3 Å². The van der Waals surface area contributed by atoms with E-state index in [2.05, 4.69) is 26.1 Å². The first-order chi connectivity index (χ1) is 13.1. The fourth-order valence-electron chi connectivity index (χ4n) is 4.64. The van der Waals surface area contributed by atoms with Crippen molar-refractivity contribution in [1.29, 1.82) is 0 Å². The molecule has 7 heteroatoms. The maximum absolute atomic E-state index is 13.0. The molecule has 1 fully saturated rings. The predicted octanol–water partition coefficient (Wildman–Crippen LogP) is 5.67. The van der Waals surface area contributed by atoms with Gasteiger partial charge in [-0.2, -0.15) is 13.2 Å². The topological polar surface area (TPSA) is 38.3 Å². The monoisotopic (exact) mass is 409 g/mol. The van der Waals surface area contributed by atoms with Crippen molar-refractivity contribution < 1.29 is 22.7 Å². The molecule has 0 radical (unpaired) electrons. The standard InChI is InChI=1S/C21H22F3NO2S/c1-10-17-12(8-13-18(17)20(13,2)3)19(28-10)15(26)9-25-14-7-11(21(22,23)24)5-6-16(14)27-4/h5-7,13,18,25H,8-9H2,1-4H3/t13-,18-/m1/s1. The summed E-state index contributed by atoms with van der Waals surface area (Å²) in [6.45, 7) is 6.53. The first kappa shape index (κ1) is 19.3. The highest BCUT2D eigenvalue weighted by atomic mass is 32.1. The molecule has 1 aromatic heterocycles. The van der Waals surface area contributed by atoms with Gasteiger partial charge in [-0.05, 0) is 59.9 Å². The van der Waals surface area contributed by atoms with Gasteiger partial charge in [0.1, 0.15) is 5.75 Å². The molecule has 28 heavy (non-hydrogen) atoms. The van der Waals surface area contributed by atoms with Gasteiger partial charge >= 0.3 is 6.18 Å². The third-order valence-electron chi connectivity index (χ3n) is 6.24. The number of carbonyl (C=O) groups excluding carboxylic acids is 1. The zero-order valence-corrected chi connectivity index (χ0v) is 17.0. The van der Waals surface area contributed by atoms with Gasteiger partial charge < -0.3 is 10.1 Å². The fourth-order valence-corrected chi connectivity index (χ4v) is 5.80. The summed E-state index contributed by atoms with van der Waals surface area (Å²) in [6.07, 6.45) is -3.53. The number of ketones is 1. The van der Waals surface area contributed by atoms with Gasteiger partial charge in [-0.1, -0.05) is 13.8 Å². The zero-order chi connectivity index (χ0) is 20.4. The summed E-state index contributed by atoms with van der Waals surface area (Å²) in [5, 5.41) is 2.85. The number of halogens is 3. The van der Waals surface area contributed by atoms with Crippen LogP contribution in [0.15, 0.2) is 18.2 Å². The Balaban J connectivity index is 1.54. The molecule has 1 N–H and O–H groups in total. The highest BCUT2D eigenvalue weighted by Crippen LogP contribution is 2.71. The molecular formula is C21H22F3NO2S. The van der Waals surface area contributed by atoms with Gasteiger partial charge in [-0.25, -0.2) is 0 Å². The van der Waals surface area contributed by atoms with E-state index in [9.17, 15) is 18.0 Å². The number of fused-ring (bicyclic) bond motifs is 3. The number of thiophene rings is 1. The smallest absolute Gasteiger partial charge is 0.416 e. The molecule has 1 saturated carbocycles. The molecule has 2 aromatic rings. The summed E-state index contributed by atoms with van der Waals surface area (Å²) < 4.78 is 44.1.